The van der Waals surface area contributed by atoms with Crippen LogP contribution >= 0.6 is 0 Å². The van der Waals surface area contributed by atoms with E-state index >= 15 is 0 Å². The second-order valence-electron chi connectivity index (χ2n) is 7.08. The zero-order valence-corrected chi connectivity index (χ0v) is 19.7. The Morgan fingerprint density at radius 2 is 1.35 bits per heavy atom. The van der Waals surface area contributed by atoms with Gasteiger partial charge < -0.3 is 5.11 Å². The van der Waals surface area contributed by atoms with Gasteiger partial charge in [0, 0.05) is 31.1 Å². The van der Waals surface area contributed by atoms with E-state index in [1.165, 1.54) is 19.1 Å². The van der Waals surface area contributed by atoms with Gasteiger partial charge in [0.2, 0.25) is 5.82 Å². The second-order valence-corrected chi connectivity index (χ2v) is 11.0. The third kappa shape index (κ3) is 6.11. The zero-order chi connectivity index (χ0) is 25.1. The molecular formula is C19H17N7O6S2. The van der Waals surface area contributed by atoms with Crippen LogP contribution in [0.1, 0.15) is 19.2 Å². The minimum absolute atomic E-state index is 0.0170. The summed E-state index contributed by atoms with van der Waals surface area (Å²) >= 11 is 0. The highest BCUT2D eigenvalue weighted by molar-refractivity contribution is 7.90. The molecule has 0 spiro atoms. The number of carboxylic acid groups (broad SMARTS) is 1. The minimum atomic E-state index is -3.65. The molecule has 3 aromatic rings. The van der Waals surface area contributed by atoms with E-state index in [2.05, 4.69) is 46.7 Å². The summed E-state index contributed by atoms with van der Waals surface area (Å²) in [6, 6.07) is 2.33. The van der Waals surface area contributed by atoms with Gasteiger partial charge in [-0.05, 0) is 5.92 Å². The number of aliphatic carboxylic acids is 1. The topological polar surface area (TPSA) is 196 Å². The van der Waals surface area contributed by atoms with Crippen molar-refractivity contribution in [2.75, 3.05) is 12.5 Å². The van der Waals surface area contributed by atoms with Crippen molar-refractivity contribution in [2.24, 2.45) is 5.92 Å². The summed E-state index contributed by atoms with van der Waals surface area (Å²) < 4.78 is 47.5. The van der Waals surface area contributed by atoms with E-state index in [9.17, 15) is 21.6 Å². The predicted molar refractivity (Wildman–Crippen MR) is 116 cm³/mol. The Labute approximate surface area is 194 Å². The van der Waals surface area contributed by atoms with E-state index in [1.54, 1.807) is 0 Å². The third-order valence-electron chi connectivity index (χ3n) is 4.17. The van der Waals surface area contributed by atoms with Crippen LogP contribution in [-0.4, -0.2) is 75.3 Å². The van der Waals surface area contributed by atoms with Crippen LogP contribution in [-0.2, 0) is 24.5 Å². The molecule has 0 radical (unpaired) electrons. The molecule has 1 atom stereocenters. The molecule has 0 amide bonds. The van der Waals surface area contributed by atoms with Gasteiger partial charge in [0.25, 0.3) is 0 Å². The highest BCUT2D eigenvalue weighted by Crippen LogP contribution is 2.20. The van der Waals surface area contributed by atoms with Crippen LogP contribution in [0.5, 0.6) is 0 Å². The molecule has 3 aromatic heterocycles. The number of carboxylic acids is 1. The maximum absolute atomic E-state index is 11.9. The van der Waals surface area contributed by atoms with E-state index in [4.69, 9.17) is 5.11 Å². The maximum Gasteiger partial charge on any atom is 0.307 e. The number of hydrogen-bond acceptors (Lipinski definition) is 12. The Balaban J connectivity index is 2.17. The molecule has 0 saturated heterocycles. The summed E-state index contributed by atoms with van der Waals surface area (Å²) in [5, 5.41) is 8.49. The van der Waals surface area contributed by atoms with Gasteiger partial charge >= 0.3 is 5.97 Å². The lowest BCUT2D eigenvalue weighted by Crippen LogP contribution is -2.08. The molecule has 0 aromatic carbocycles. The maximum atomic E-state index is 11.9. The highest BCUT2D eigenvalue weighted by Gasteiger charge is 2.17. The van der Waals surface area contributed by atoms with Crippen molar-refractivity contribution in [1.82, 2.24) is 34.9 Å². The molecule has 1 unspecified atom stereocenters. The van der Waals surface area contributed by atoms with Crippen molar-refractivity contribution in [3.05, 3.63) is 30.6 Å². The molecule has 0 bridgehead atoms. The van der Waals surface area contributed by atoms with Gasteiger partial charge in [-0.3, -0.25) is 4.79 Å². The number of sulfone groups is 2. The zero-order valence-electron chi connectivity index (χ0n) is 18.0. The van der Waals surface area contributed by atoms with Gasteiger partial charge in [0.15, 0.2) is 41.4 Å². The highest BCUT2D eigenvalue weighted by atomic mass is 32.2. The Morgan fingerprint density at radius 3 is 1.76 bits per heavy atom. The first kappa shape index (κ1) is 24.7. The van der Waals surface area contributed by atoms with Gasteiger partial charge in [0.1, 0.15) is 24.0 Å². The molecule has 0 fully saturated rings. The van der Waals surface area contributed by atoms with Gasteiger partial charge in [-0.25, -0.2) is 41.8 Å². The average Bonchev–Trinajstić information content (AvgIpc) is 2.78. The van der Waals surface area contributed by atoms with E-state index in [0.717, 1.165) is 25.2 Å². The van der Waals surface area contributed by atoms with Crippen molar-refractivity contribution >= 4 is 25.6 Å². The van der Waals surface area contributed by atoms with Crippen LogP contribution in [0.4, 0.5) is 0 Å². The largest absolute Gasteiger partial charge is 0.481 e. The van der Waals surface area contributed by atoms with Crippen LogP contribution in [0.3, 0.4) is 0 Å². The van der Waals surface area contributed by atoms with Crippen molar-refractivity contribution < 1.29 is 26.7 Å². The first-order valence-electron chi connectivity index (χ1n) is 9.37. The normalized spacial score (nSPS) is 12.4. The van der Waals surface area contributed by atoms with Gasteiger partial charge in [-0.1, -0.05) is 12.8 Å². The van der Waals surface area contributed by atoms with Crippen molar-refractivity contribution in [2.45, 2.75) is 23.4 Å². The fourth-order valence-corrected chi connectivity index (χ4v) is 3.49. The monoisotopic (exact) mass is 503 g/mol. The van der Waals surface area contributed by atoms with Crippen LogP contribution in [0, 0.1) is 17.8 Å². The number of nitrogens with zero attached hydrogens (tertiary/aromatic N) is 7. The van der Waals surface area contributed by atoms with Gasteiger partial charge in [-0.2, -0.15) is 9.97 Å². The third-order valence-corrected chi connectivity index (χ3v) is 6.13. The fourth-order valence-electron chi connectivity index (χ4n) is 2.36. The smallest absolute Gasteiger partial charge is 0.307 e. The number of rotatable bonds is 6. The Hall–Kier alpha value is -3.90. The van der Waals surface area contributed by atoms with E-state index < -0.39 is 31.6 Å². The molecule has 0 aliphatic rings. The Bertz CT molecular complexity index is 1450. The summed E-state index contributed by atoms with van der Waals surface area (Å²) in [5.74, 6) is 3.32. The van der Waals surface area contributed by atoms with E-state index in [1.807, 2.05) is 0 Å². The summed E-state index contributed by atoms with van der Waals surface area (Å²) in [6.07, 6.45) is 4.03. The lowest BCUT2D eigenvalue weighted by Gasteiger charge is -2.06. The second kappa shape index (κ2) is 9.53. The Morgan fingerprint density at radius 1 is 0.882 bits per heavy atom. The van der Waals surface area contributed by atoms with Crippen LogP contribution in [0.15, 0.2) is 34.8 Å². The van der Waals surface area contributed by atoms with E-state index in [0.29, 0.717) is 0 Å². The first-order valence-corrected chi connectivity index (χ1v) is 13.2. The van der Waals surface area contributed by atoms with Crippen molar-refractivity contribution in [1.29, 1.82) is 0 Å². The average molecular weight is 504 g/mol. The molecule has 0 aliphatic carbocycles. The number of aromatic nitrogens is 7. The van der Waals surface area contributed by atoms with Crippen molar-refractivity contribution in [3.8, 4) is 34.9 Å². The predicted octanol–water partition coefficient (Wildman–Crippen LogP) is 0.0549. The van der Waals surface area contributed by atoms with Crippen LogP contribution in [0.25, 0.3) is 23.0 Å². The molecular weight excluding hydrogens is 486 g/mol. The van der Waals surface area contributed by atoms with Crippen LogP contribution < -0.4 is 0 Å². The molecule has 176 valence electrons. The molecule has 34 heavy (non-hydrogen) atoms. The molecule has 13 nitrogen and oxygen atoms in total. The minimum Gasteiger partial charge on any atom is -0.481 e. The molecule has 3 heterocycles. The molecule has 0 aliphatic heterocycles. The fraction of sp³-hybridized carbons (Fsp3) is 0.263. The number of hydrogen-bond donors (Lipinski definition) is 1. The quantitative estimate of drug-likeness (QED) is 0.350. The summed E-state index contributed by atoms with van der Waals surface area (Å²) in [4.78, 5) is 39.1. The molecule has 15 heteroatoms. The van der Waals surface area contributed by atoms with Gasteiger partial charge in [-0.15, -0.1) is 0 Å². The van der Waals surface area contributed by atoms with Crippen LogP contribution in [0.2, 0.25) is 0 Å². The molecule has 1 N–H and O–H groups in total. The van der Waals surface area contributed by atoms with Crippen molar-refractivity contribution in [3.63, 3.8) is 0 Å². The summed E-state index contributed by atoms with van der Waals surface area (Å²) in [5.41, 5.74) is 0.0804. The SMILES string of the molecule is CC(CC#Cc1nc(-c2cc(S(C)(=O)=O)ncn2)nc(-c2cc(S(C)(=O)=O)ncn2)n1)C(=O)O. The first-order chi connectivity index (χ1) is 15.8. The summed E-state index contributed by atoms with van der Waals surface area (Å²) in [6.45, 7) is 1.49. The molecule has 0 saturated carbocycles. The standard InChI is InChI=1S/C19H17N7O6S2/c1-11(19(27)28)5-4-6-14-24-17(12-7-15(22-9-20-12)33(2,29)30)26-18(25-14)13-8-16(23-10-21-13)34(3,31)32/h7-11H,5H2,1-3H3,(H,27,28). The summed E-state index contributed by atoms with van der Waals surface area (Å²) in [7, 11) is -7.31. The van der Waals surface area contributed by atoms with Gasteiger partial charge in [0.05, 0.1) is 5.92 Å². The lowest BCUT2D eigenvalue weighted by atomic mass is 10.1. The Kier molecular flexibility index (Phi) is 6.93. The number of carbonyl (C=O) groups is 1. The van der Waals surface area contributed by atoms with E-state index in [-0.39, 0.29) is 45.3 Å². The molecule has 3 rings (SSSR count). The lowest BCUT2D eigenvalue weighted by molar-refractivity contribution is -0.140.